The Labute approximate surface area is 164 Å². The summed E-state index contributed by atoms with van der Waals surface area (Å²) in [5, 5.41) is 2.86. The molecule has 3 N–H and O–H groups in total. The molecule has 0 saturated heterocycles. The van der Waals surface area contributed by atoms with Gasteiger partial charge in [-0.15, -0.1) is 0 Å². The van der Waals surface area contributed by atoms with Gasteiger partial charge in [-0.2, -0.15) is 0 Å². The maximum absolute atomic E-state index is 12.0. The monoisotopic (exact) mass is 388 g/mol. The van der Waals surface area contributed by atoms with Crippen LogP contribution >= 0.6 is 0 Å². The third-order valence-corrected chi connectivity index (χ3v) is 3.68. The predicted octanol–water partition coefficient (Wildman–Crippen LogP) is 2.27. The SMILES string of the molecule is CC(CC(=O)NCCOCCOCCN)CC(C)(C)CC(=O)OC(C)(C)C. The molecule has 160 valence electrons. The Balaban J connectivity index is 3.96. The van der Waals surface area contributed by atoms with Crippen LogP contribution in [0.15, 0.2) is 0 Å². The average molecular weight is 389 g/mol. The number of rotatable bonds is 14. The van der Waals surface area contributed by atoms with Crippen LogP contribution in [0.4, 0.5) is 0 Å². The molecule has 0 bridgehead atoms. The lowest BCUT2D eigenvalue weighted by Crippen LogP contribution is -2.31. The van der Waals surface area contributed by atoms with E-state index in [0.717, 1.165) is 6.42 Å². The van der Waals surface area contributed by atoms with Crippen molar-refractivity contribution in [1.29, 1.82) is 0 Å². The molecule has 1 amide bonds. The molecule has 7 heteroatoms. The molecule has 0 fully saturated rings. The third kappa shape index (κ3) is 16.7. The summed E-state index contributed by atoms with van der Waals surface area (Å²) in [7, 11) is 0. The normalized spacial score (nSPS) is 13.3. The highest BCUT2D eigenvalue weighted by atomic mass is 16.6. The van der Waals surface area contributed by atoms with E-state index in [4.69, 9.17) is 19.9 Å². The number of carbonyl (C=O) groups excluding carboxylic acids is 2. The molecule has 27 heavy (non-hydrogen) atoms. The van der Waals surface area contributed by atoms with E-state index in [9.17, 15) is 9.59 Å². The second-order valence-electron chi connectivity index (χ2n) is 8.80. The van der Waals surface area contributed by atoms with E-state index in [1.165, 1.54) is 0 Å². The summed E-state index contributed by atoms with van der Waals surface area (Å²) < 4.78 is 16.0. The highest BCUT2D eigenvalue weighted by Crippen LogP contribution is 2.31. The molecular formula is C20H40N2O5. The van der Waals surface area contributed by atoms with Crippen LogP contribution in [0, 0.1) is 11.3 Å². The van der Waals surface area contributed by atoms with E-state index in [2.05, 4.69) is 5.32 Å². The Morgan fingerprint density at radius 1 is 1.00 bits per heavy atom. The standard InChI is InChI=1S/C20H40N2O5/c1-16(14-20(5,6)15-18(24)27-19(2,3)4)13-17(23)22-8-10-26-12-11-25-9-7-21/h16H,7-15,21H2,1-6H3,(H,22,23). The summed E-state index contributed by atoms with van der Waals surface area (Å²) in [5.41, 5.74) is 4.63. The molecule has 0 aliphatic carbocycles. The van der Waals surface area contributed by atoms with Crippen LogP contribution in [0.2, 0.25) is 0 Å². The fourth-order valence-corrected chi connectivity index (χ4v) is 2.91. The summed E-state index contributed by atoms with van der Waals surface area (Å²) in [6.07, 6.45) is 1.54. The van der Waals surface area contributed by atoms with Crippen LogP contribution in [-0.2, 0) is 23.8 Å². The van der Waals surface area contributed by atoms with Crippen LogP contribution in [-0.4, -0.2) is 57.0 Å². The number of ether oxygens (including phenoxy) is 3. The molecule has 0 aliphatic rings. The second kappa shape index (κ2) is 13.1. The smallest absolute Gasteiger partial charge is 0.306 e. The third-order valence-electron chi connectivity index (χ3n) is 3.68. The van der Waals surface area contributed by atoms with Gasteiger partial charge in [0.2, 0.25) is 5.91 Å². The van der Waals surface area contributed by atoms with E-state index < -0.39 is 5.60 Å². The van der Waals surface area contributed by atoms with Crippen molar-refractivity contribution in [2.24, 2.45) is 17.1 Å². The molecule has 0 radical (unpaired) electrons. The van der Waals surface area contributed by atoms with Gasteiger partial charge in [-0.25, -0.2) is 0 Å². The molecule has 0 spiro atoms. The lowest BCUT2D eigenvalue weighted by atomic mass is 9.79. The van der Waals surface area contributed by atoms with Crippen molar-refractivity contribution in [2.45, 2.75) is 66.4 Å². The van der Waals surface area contributed by atoms with E-state index in [-0.39, 0.29) is 23.2 Å². The van der Waals surface area contributed by atoms with Gasteiger partial charge in [0.15, 0.2) is 0 Å². The Morgan fingerprint density at radius 3 is 2.15 bits per heavy atom. The highest BCUT2D eigenvalue weighted by molar-refractivity contribution is 5.76. The molecule has 1 unspecified atom stereocenters. The lowest BCUT2D eigenvalue weighted by molar-refractivity contribution is -0.157. The molecule has 0 heterocycles. The number of hydrogen-bond acceptors (Lipinski definition) is 6. The van der Waals surface area contributed by atoms with Crippen LogP contribution in [0.1, 0.15) is 60.8 Å². The minimum atomic E-state index is -0.475. The minimum Gasteiger partial charge on any atom is -0.460 e. The fourth-order valence-electron chi connectivity index (χ4n) is 2.91. The van der Waals surface area contributed by atoms with Gasteiger partial charge in [0.05, 0.1) is 32.8 Å². The largest absolute Gasteiger partial charge is 0.460 e. The van der Waals surface area contributed by atoms with E-state index in [1.54, 1.807) is 0 Å². The van der Waals surface area contributed by atoms with Crippen molar-refractivity contribution in [1.82, 2.24) is 5.32 Å². The maximum atomic E-state index is 12.0. The summed E-state index contributed by atoms with van der Waals surface area (Å²) >= 11 is 0. The molecule has 0 aromatic carbocycles. The first-order chi connectivity index (χ1) is 12.4. The van der Waals surface area contributed by atoms with Crippen LogP contribution < -0.4 is 11.1 Å². The van der Waals surface area contributed by atoms with Crippen molar-refractivity contribution in [3.05, 3.63) is 0 Å². The first kappa shape index (κ1) is 25.8. The Hall–Kier alpha value is -1.18. The molecule has 0 aromatic heterocycles. The minimum absolute atomic E-state index is 0.00134. The number of nitrogens with two attached hydrogens (primary N) is 1. The molecule has 0 saturated carbocycles. The highest BCUT2D eigenvalue weighted by Gasteiger charge is 2.28. The van der Waals surface area contributed by atoms with Gasteiger partial charge >= 0.3 is 5.97 Å². The Morgan fingerprint density at radius 2 is 1.59 bits per heavy atom. The summed E-state index contributed by atoms with van der Waals surface area (Å²) in [5.74, 6) is -0.0247. The van der Waals surface area contributed by atoms with Crippen molar-refractivity contribution >= 4 is 11.9 Å². The zero-order valence-corrected chi connectivity index (χ0v) is 18.1. The first-order valence-electron chi connectivity index (χ1n) is 9.79. The van der Waals surface area contributed by atoms with E-state index in [0.29, 0.717) is 52.4 Å². The summed E-state index contributed by atoms with van der Waals surface area (Å²) in [6.45, 7) is 14.6. The van der Waals surface area contributed by atoms with E-state index in [1.807, 2.05) is 41.5 Å². The van der Waals surface area contributed by atoms with Crippen LogP contribution in [0.5, 0.6) is 0 Å². The van der Waals surface area contributed by atoms with Crippen LogP contribution in [0.3, 0.4) is 0 Å². The number of esters is 1. The molecule has 7 nitrogen and oxygen atoms in total. The zero-order chi connectivity index (χ0) is 20.9. The fraction of sp³-hybridized carbons (Fsp3) is 0.900. The van der Waals surface area contributed by atoms with Gasteiger partial charge < -0.3 is 25.3 Å². The molecule has 1 atom stereocenters. The van der Waals surface area contributed by atoms with E-state index >= 15 is 0 Å². The van der Waals surface area contributed by atoms with Crippen molar-refractivity contribution < 1.29 is 23.8 Å². The van der Waals surface area contributed by atoms with Crippen molar-refractivity contribution in [3.8, 4) is 0 Å². The first-order valence-corrected chi connectivity index (χ1v) is 9.79. The molecular weight excluding hydrogens is 348 g/mol. The van der Waals surface area contributed by atoms with Gasteiger partial charge in [-0.3, -0.25) is 9.59 Å². The predicted molar refractivity (Wildman–Crippen MR) is 106 cm³/mol. The Bertz CT molecular complexity index is 433. The van der Waals surface area contributed by atoms with Crippen molar-refractivity contribution in [3.63, 3.8) is 0 Å². The van der Waals surface area contributed by atoms with Gasteiger partial charge in [-0.1, -0.05) is 20.8 Å². The quantitative estimate of drug-likeness (QED) is 0.350. The Kier molecular flexibility index (Phi) is 12.5. The molecule has 0 aliphatic heterocycles. The lowest BCUT2D eigenvalue weighted by Gasteiger charge is -2.29. The van der Waals surface area contributed by atoms with Gasteiger partial charge in [0.1, 0.15) is 5.60 Å². The van der Waals surface area contributed by atoms with Gasteiger partial charge in [0.25, 0.3) is 0 Å². The summed E-state index contributed by atoms with van der Waals surface area (Å²) in [6, 6.07) is 0. The number of hydrogen-bond donors (Lipinski definition) is 2. The second-order valence-corrected chi connectivity index (χ2v) is 8.80. The molecule has 0 aromatic rings. The number of amides is 1. The van der Waals surface area contributed by atoms with Crippen molar-refractivity contribution in [2.75, 3.05) is 39.5 Å². The number of nitrogens with one attached hydrogen (secondary N) is 1. The zero-order valence-electron chi connectivity index (χ0n) is 18.1. The topological polar surface area (TPSA) is 99.9 Å². The maximum Gasteiger partial charge on any atom is 0.306 e. The van der Waals surface area contributed by atoms with Gasteiger partial charge in [0, 0.05) is 19.5 Å². The molecule has 0 rings (SSSR count). The average Bonchev–Trinajstić information content (AvgIpc) is 2.46. The van der Waals surface area contributed by atoms with Gasteiger partial charge in [-0.05, 0) is 38.5 Å². The van der Waals surface area contributed by atoms with Crippen LogP contribution in [0.25, 0.3) is 0 Å². The number of carbonyl (C=O) groups is 2. The summed E-state index contributed by atoms with van der Waals surface area (Å²) in [4.78, 5) is 24.1.